The summed E-state index contributed by atoms with van der Waals surface area (Å²) in [5, 5.41) is 0. The molecule has 68 valence electrons. The average Bonchev–Trinajstić information content (AvgIpc) is 1.82. The van der Waals surface area contributed by atoms with Gasteiger partial charge in [0.25, 0.3) is 0 Å². The van der Waals surface area contributed by atoms with E-state index in [1.54, 1.807) is 13.8 Å². The van der Waals surface area contributed by atoms with Gasteiger partial charge in [-0.15, -0.1) is 0 Å². The quantitative estimate of drug-likeness (QED) is 0.673. The maximum atomic E-state index is 11.9. The van der Waals surface area contributed by atoms with Gasteiger partial charge in [0.05, 0.1) is 0 Å². The van der Waals surface area contributed by atoms with Crippen molar-refractivity contribution in [3.63, 3.8) is 0 Å². The molecule has 4 heteroatoms. The zero-order valence-electron chi connectivity index (χ0n) is 6.94. The van der Waals surface area contributed by atoms with Gasteiger partial charge in [-0.25, -0.2) is 0 Å². The predicted octanol–water partition coefficient (Wildman–Crippen LogP) is 2.17. The van der Waals surface area contributed by atoms with Gasteiger partial charge >= 0.3 is 6.18 Å². The molecule has 0 saturated carbocycles. The highest BCUT2D eigenvalue weighted by molar-refractivity contribution is 4.78. The molecule has 2 N–H and O–H groups in total. The van der Waals surface area contributed by atoms with Crippen molar-refractivity contribution in [3.05, 3.63) is 0 Å². The maximum Gasteiger partial charge on any atom is 0.403 e. The molecule has 0 aromatic carbocycles. The van der Waals surface area contributed by atoms with Gasteiger partial charge < -0.3 is 5.73 Å². The third kappa shape index (κ3) is 3.10. The molecule has 0 bridgehead atoms. The molecular weight excluding hydrogens is 155 g/mol. The third-order valence-electron chi connectivity index (χ3n) is 2.00. The van der Waals surface area contributed by atoms with Crippen LogP contribution in [0.15, 0.2) is 0 Å². The molecule has 0 aliphatic rings. The van der Waals surface area contributed by atoms with Gasteiger partial charge in [-0.3, -0.25) is 0 Å². The molecule has 2 atom stereocenters. The third-order valence-corrected chi connectivity index (χ3v) is 2.00. The average molecular weight is 169 g/mol. The molecule has 0 heterocycles. The summed E-state index contributed by atoms with van der Waals surface area (Å²) in [6.45, 7) is 4.98. The Hall–Kier alpha value is -0.250. The van der Waals surface area contributed by atoms with Gasteiger partial charge in [-0.2, -0.15) is 13.2 Å². The minimum atomic E-state index is -4.26. The Bertz CT molecular complexity index is 119. The fourth-order valence-corrected chi connectivity index (χ4v) is 0.713. The molecule has 1 nitrogen and oxygen atoms in total. The predicted molar refractivity (Wildman–Crippen MR) is 38.0 cm³/mol. The van der Waals surface area contributed by atoms with E-state index >= 15 is 0 Å². The minimum absolute atomic E-state index is 0.0355. The number of hydrogen-bond acceptors (Lipinski definition) is 1. The van der Waals surface area contributed by atoms with E-state index in [4.69, 9.17) is 5.73 Å². The summed E-state index contributed by atoms with van der Waals surface area (Å²) in [7, 11) is 0. The largest absolute Gasteiger partial charge is 0.403 e. The van der Waals surface area contributed by atoms with Crippen molar-refractivity contribution in [2.24, 2.45) is 17.6 Å². The monoisotopic (exact) mass is 169 g/mol. The Balaban J connectivity index is 4.13. The van der Waals surface area contributed by atoms with Crippen molar-refractivity contribution in [1.29, 1.82) is 0 Å². The van der Waals surface area contributed by atoms with Crippen molar-refractivity contribution in [3.8, 4) is 0 Å². The van der Waals surface area contributed by atoms with Crippen LogP contribution in [0.1, 0.15) is 20.8 Å². The van der Waals surface area contributed by atoms with Crippen LogP contribution in [0.2, 0.25) is 0 Å². The Morgan fingerprint density at radius 2 is 1.45 bits per heavy atom. The van der Waals surface area contributed by atoms with Gasteiger partial charge in [0.2, 0.25) is 0 Å². The summed E-state index contributed by atoms with van der Waals surface area (Å²) in [4.78, 5) is 0. The minimum Gasteiger partial charge on any atom is -0.320 e. The number of rotatable bonds is 2. The summed E-state index contributed by atoms with van der Waals surface area (Å²) in [5.74, 6) is -0.554. The van der Waals surface area contributed by atoms with E-state index in [1.807, 2.05) is 0 Å². The summed E-state index contributed by atoms with van der Waals surface area (Å²) in [6, 6.07) is -1.69. The van der Waals surface area contributed by atoms with E-state index < -0.39 is 18.1 Å². The summed E-state index contributed by atoms with van der Waals surface area (Å²) in [5.41, 5.74) is 4.97. The molecule has 2 unspecified atom stereocenters. The van der Waals surface area contributed by atoms with Crippen LogP contribution in [0.3, 0.4) is 0 Å². The summed E-state index contributed by atoms with van der Waals surface area (Å²) in [6.07, 6.45) is -4.26. The second kappa shape index (κ2) is 3.43. The molecule has 0 aromatic rings. The van der Waals surface area contributed by atoms with Crippen molar-refractivity contribution in [2.75, 3.05) is 0 Å². The molecule has 0 radical (unpaired) electrons. The van der Waals surface area contributed by atoms with E-state index in [-0.39, 0.29) is 5.92 Å². The Morgan fingerprint density at radius 3 is 1.55 bits per heavy atom. The van der Waals surface area contributed by atoms with E-state index in [0.717, 1.165) is 0 Å². The number of nitrogens with two attached hydrogens (primary N) is 1. The molecule has 0 aliphatic heterocycles. The van der Waals surface area contributed by atoms with Gasteiger partial charge in [0, 0.05) is 0 Å². The van der Waals surface area contributed by atoms with Gasteiger partial charge in [0.1, 0.15) is 6.04 Å². The van der Waals surface area contributed by atoms with Crippen molar-refractivity contribution in [1.82, 2.24) is 0 Å². The lowest BCUT2D eigenvalue weighted by atomic mass is 9.91. The van der Waals surface area contributed by atoms with Gasteiger partial charge in [-0.05, 0) is 11.8 Å². The summed E-state index contributed by atoms with van der Waals surface area (Å²) < 4.78 is 35.8. The van der Waals surface area contributed by atoms with E-state index in [0.29, 0.717) is 0 Å². The number of halogens is 3. The van der Waals surface area contributed by atoms with Gasteiger partial charge in [-0.1, -0.05) is 20.8 Å². The lowest BCUT2D eigenvalue weighted by Crippen LogP contribution is -2.44. The van der Waals surface area contributed by atoms with Gasteiger partial charge in [0.15, 0.2) is 0 Å². The number of alkyl halides is 3. The molecular formula is C7H14F3N. The second-order valence-electron chi connectivity index (χ2n) is 3.17. The first-order chi connectivity index (χ1) is 4.76. The maximum absolute atomic E-state index is 11.9. The lowest BCUT2D eigenvalue weighted by Gasteiger charge is -2.25. The molecule has 0 saturated heterocycles. The van der Waals surface area contributed by atoms with Crippen molar-refractivity contribution < 1.29 is 13.2 Å². The first-order valence-corrected chi connectivity index (χ1v) is 3.59. The van der Waals surface area contributed by atoms with Crippen LogP contribution in [0.5, 0.6) is 0 Å². The zero-order chi connectivity index (χ0) is 9.23. The number of hydrogen-bond donors (Lipinski definition) is 1. The highest BCUT2D eigenvalue weighted by Crippen LogP contribution is 2.27. The van der Waals surface area contributed by atoms with Crippen LogP contribution in [0, 0.1) is 11.8 Å². The Labute approximate surface area is 64.8 Å². The first kappa shape index (κ1) is 10.8. The van der Waals surface area contributed by atoms with Crippen LogP contribution >= 0.6 is 0 Å². The summed E-state index contributed by atoms with van der Waals surface area (Å²) >= 11 is 0. The highest BCUT2D eigenvalue weighted by atomic mass is 19.4. The van der Waals surface area contributed by atoms with Crippen LogP contribution in [-0.4, -0.2) is 12.2 Å². The van der Waals surface area contributed by atoms with E-state index in [9.17, 15) is 13.2 Å². The van der Waals surface area contributed by atoms with Crippen LogP contribution < -0.4 is 5.73 Å². The smallest absolute Gasteiger partial charge is 0.320 e. The van der Waals surface area contributed by atoms with E-state index in [2.05, 4.69) is 0 Å². The molecule has 0 fully saturated rings. The molecule has 0 spiro atoms. The SMILES string of the molecule is CC(C)C(C)C(N)C(F)(F)F. The second-order valence-corrected chi connectivity index (χ2v) is 3.17. The Kier molecular flexibility index (Phi) is 3.35. The van der Waals surface area contributed by atoms with Crippen molar-refractivity contribution in [2.45, 2.75) is 33.0 Å². The molecule has 11 heavy (non-hydrogen) atoms. The molecule has 0 aromatic heterocycles. The first-order valence-electron chi connectivity index (χ1n) is 3.59. The van der Waals surface area contributed by atoms with Crippen LogP contribution in [0.25, 0.3) is 0 Å². The lowest BCUT2D eigenvalue weighted by molar-refractivity contribution is -0.160. The zero-order valence-corrected chi connectivity index (χ0v) is 6.94. The highest BCUT2D eigenvalue weighted by Gasteiger charge is 2.40. The van der Waals surface area contributed by atoms with Crippen molar-refractivity contribution >= 4 is 0 Å². The molecule has 0 amide bonds. The molecule has 0 aliphatic carbocycles. The van der Waals surface area contributed by atoms with Crippen LogP contribution in [-0.2, 0) is 0 Å². The fourth-order valence-electron chi connectivity index (χ4n) is 0.713. The Morgan fingerprint density at radius 1 is 1.09 bits per heavy atom. The standard InChI is InChI=1S/C7H14F3N/c1-4(2)5(3)6(11)7(8,9)10/h4-6H,11H2,1-3H3. The van der Waals surface area contributed by atoms with E-state index in [1.165, 1.54) is 6.92 Å². The molecule has 0 rings (SSSR count). The topological polar surface area (TPSA) is 26.0 Å². The van der Waals surface area contributed by atoms with Crippen LogP contribution in [0.4, 0.5) is 13.2 Å². The normalized spacial score (nSPS) is 18.5. The fraction of sp³-hybridized carbons (Fsp3) is 1.00.